The van der Waals surface area contributed by atoms with Crippen LogP contribution in [-0.2, 0) is 21.5 Å². The van der Waals surface area contributed by atoms with E-state index in [-0.39, 0.29) is 13.0 Å². The van der Waals surface area contributed by atoms with E-state index in [1.807, 2.05) is 31.1 Å². The second-order valence-electron chi connectivity index (χ2n) is 5.01. The fourth-order valence-electron chi connectivity index (χ4n) is 1.64. The fourth-order valence-corrected chi connectivity index (χ4v) is 2.56. The number of nitrogens with one attached hydrogen (secondary N) is 1. The van der Waals surface area contributed by atoms with Gasteiger partial charge in [0.05, 0.1) is 6.42 Å². The Labute approximate surface area is 125 Å². The summed E-state index contributed by atoms with van der Waals surface area (Å²) in [4.78, 5) is 12.5. The lowest BCUT2D eigenvalue weighted by Gasteiger charge is -2.17. The minimum Gasteiger partial charge on any atom is -0.481 e. The summed E-state index contributed by atoms with van der Waals surface area (Å²) < 4.78 is 27.4. The molecule has 8 heteroatoms. The maximum absolute atomic E-state index is 12.0. The highest BCUT2D eigenvalue weighted by Gasteiger charge is 2.18. The van der Waals surface area contributed by atoms with Crippen molar-refractivity contribution in [3.63, 3.8) is 0 Å². The first-order valence-electron chi connectivity index (χ1n) is 6.40. The van der Waals surface area contributed by atoms with Crippen LogP contribution in [0.3, 0.4) is 0 Å². The minimum atomic E-state index is -3.74. The first-order chi connectivity index (χ1) is 9.70. The van der Waals surface area contributed by atoms with Crippen LogP contribution >= 0.6 is 0 Å². The van der Waals surface area contributed by atoms with Crippen LogP contribution in [0.25, 0.3) is 0 Å². The van der Waals surface area contributed by atoms with Gasteiger partial charge in [0.1, 0.15) is 0 Å². The topological polar surface area (TPSA) is 90.0 Å². The zero-order chi connectivity index (χ0) is 16.0. The molecule has 0 aliphatic carbocycles. The van der Waals surface area contributed by atoms with E-state index in [0.29, 0.717) is 5.69 Å². The number of carboxylic acids is 1. The third kappa shape index (κ3) is 6.11. The van der Waals surface area contributed by atoms with Crippen LogP contribution in [-0.4, -0.2) is 56.4 Å². The molecule has 0 bridgehead atoms. The van der Waals surface area contributed by atoms with Crippen molar-refractivity contribution in [2.45, 2.75) is 13.0 Å². The van der Waals surface area contributed by atoms with Gasteiger partial charge in [-0.05, 0) is 31.8 Å². The molecule has 0 aromatic heterocycles. The summed E-state index contributed by atoms with van der Waals surface area (Å²) >= 11 is 0. The first-order valence-corrected chi connectivity index (χ1v) is 7.84. The maximum Gasteiger partial charge on any atom is 0.304 e. The van der Waals surface area contributed by atoms with Crippen molar-refractivity contribution in [2.75, 3.05) is 32.4 Å². The maximum atomic E-state index is 12.0. The smallest absolute Gasteiger partial charge is 0.304 e. The van der Waals surface area contributed by atoms with Crippen molar-refractivity contribution < 1.29 is 18.3 Å². The molecule has 0 spiro atoms. The molecule has 0 heterocycles. The minimum absolute atomic E-state index is 0.0800. The van der Waals surface area contributed by atoms with Crippen LogP contribution in [0.4, 0.5) is 5.69 Å². The van der Waals surface area contributed by atoms with E-state index >= 15 is 0 Å². The van der Waals surface area contributed by atoms with Gasteiger partial charge in [-0.1, -0.05) is 12.1 Å². The average molecular weight is 315 g/mol. The zero-order valence-corrected chi connectivity index (χ0v) is 13.2. The molecule has 0 atom stereocenters. The second kappa shape index (κ2) is 7.39. The standard InChI is InChI=1S/C13H21N3O4S/c1-15(2)10-11-4-6-12(7-5-11)14-21(19,20)16(3)9-8-13(17)18/h4-7,14H,8-10H2,1-3H3,(H,17,18). The number of carboxylic acid groups (broad SMARTS) is 1. The number of rotatable bonds is 8. The van der Waals surface area contributed by atoms with Crippen LogP contribution in [0.2, 0.25) is 0 Å². The van der Waals surface area contributed by atoms with Crippen LogP contribution < -0.4 is 4.72 Å². The summed E-state index contributed by atoms with van der Waals surface area (Å²) in [6.07, 6.45) is -0.237. The highest BCUT2D eigenvalue weighted by atomic mass is 32.2. The number of hydrogen-bond donors (Lipinski definition) is 2. The van der Waals surface area contributed by atoms with Crippen LogP contribution in [0.15, 0.2) is 24.3 Å². The lowest BCUT2D eigenvalue weighted by molar-refractivity contribution is -0.137. The molecule has 0 aliphatic heterocycles. The van der Waals surface area contributed by atoms with E-state index in [1.165, 1.54) is 7.05 Å². The van der Waals surface area contributed by atoms with E-state index in [4.69, 9.17) is 5.11 Å². The molecule has 1 aromatic rings. The molecule has 7 nitrogen and oxygen atoms in total. The van der Waals surface area contributed by atoms with Crippen LogP contribution in [0.5, 0.6) is 0 Å². The Morgan fingerprint density at radius 3 is 2.24 bits per heavy atom. The number of nitrogens with zero attached hydrogens (tertiary/aromatic N) is 2. The molecule has 0 amide bonds. The van der Waals surface area contributed by atoms with E-state index in [2.05, 4.69) is 4.72 Å². The van der Waals surface area contributed by atoms with Gasteiger partial charge >= 0.3 is 16.2 Å². The second-order valence-corrected chi connectivity index (χ2v) is 6.78. The molecule has 1 rings (SSSR count). The van der Waals surface area contributed by atoms with Crippen molar-refractivity contribution >= 4 is 21.9 Å². The number of aliphatic carboxylic acids is 1. The molecule has 1 aromatic carbocycles. The van der Waals surface area contributed by atoms with Gasteiger partial charge in [0.15, 0.2) is 0 Å². The van der Waals surface area contributed by atoms with E-state index in [0.717, 1.165) is 16.4 Å². The summed E-state index contributed by atoms with van der Waals surface area (Å²) in [7, 11) is 1.51. The van der Waals surface area contributed by atoms with Gasteiger partial charge in [0, 0.05) is 25.8 Å². The van der Waals surface area contributed by atoms with Crippen molar-refractivity contribution in [1.82, 2.24) is 9.21 Å². The summed E-state index contributed by atoms with van der Waals surface area (Å²) in [5.74, 6) is -1.04. The molecule has 0 aliphatic rings. The predicted octanol–water partition coefficient (Wildman–Crippen LogP) is 0.811. The van der Waals surface area contributed by atoms with Gasteiger partial charge < -0.3 is 10.0 Å². The lowest BCUT2D eigenvalue weighted by atomic mass is 10.2. The summed E-state index contributed by atoms with van der Waals surface area (Å²) in [5, 5.41) is 8.57. The van der Waals surface area contributed by atoms with Gasteiger partial charge in [0.25, 0.3) is 0 Å². The first kappa shape index (κ1) is 17.4. The molecule has 118 valence electrons. The van der Waals surface area contributed by atoms with Crippen molar-refractivity contribution in [2.24, 2.45) is 0 Å². The van der Waals surface area contributed by atoms with Crippen molar-refractivity contribution in [1.29, 1.82) is 0 Å². The molecule has 0 fully saturated rings. The monoisotopic (exact) mass is 315 g/mol. The number of benzene rings is 1. The van der Waals surface area contributed by atoms with E-state index in [9.17, 15) is 13.2 Å². The van der Waals surface area contributed by atoms with Crippen LogP contribution in [0.1, 0.15) is 12.0 Å². The Balaban J connectivity index is 2.68. The molecule has 0 saturated carbocycles. The number of hydrogen-bond acceptors (Lipinski definition) is 4. The Morgan fingerprint density at radius 2 is 1.76 bits per heavy atom. The van der Waals surface area contributed by atoms with Gasteiger partial charge in [-0.2, -0.15) is 12.7 Å². The number of anilines is 1. The quantitative estimate of drug-likeness (QED) is 0.741. The molecule has 21 heavy (non-hydrogen) atoms. The molecule has 2 N–H and O–H groups in total. The van der Waals surface area contributed by atoms with E-state index < -0.39 is 16.2 Å². The third-order valence-electron chi connectivity index (χ3n) is 2.75. The highest BCUT2D eigenvalue weighted by Crippen LogP contribution is 2.13. The zero-order valence-electron chi connectivity index (χ0n) is 12.4. The predicted molar refractivity (Wildman–Crippen MR) is 81.3 cm³/mol. The average Bonchev–Trinajstić information content (AvgIpc) is 2.37. The van der Waals surface area contributed by atoms with Crippen molar-refractivity contribution in [3.8, 4) is 0 Å². The van der Waals surface area contributed by atoms with Gasteiger partial charge in [-0.25, -0.2) is 0 Å². The van der Waals surface area contributed by atoms with Crippen LogP contribution in [0, 0.1) is 0 Å². The van der Waals surface area contributed by atoms with Gasteiger partial charge in [-0.3, -0.25) is 9.52 Å². The third-order valence-corrected chi connectivity index (χ3v) is 4.25. The Kier molecular flexibility index (Phi) is 6.13. The molecule has 0 saturated heterocycles. The highest BCUT2D eigenvalue weighted by molar-refractivity contribution is 7.90. The SMILES string of the molecule is CN(C)Cc1ccc(NS(=O)(=O)N(C)CCC(=O)O)cc1. The Bertz CT molecular complexity index is 570. The fraction of sp³-hybridized carbons (Fsp3) is 0.462. The molecular weight excluding hydrogens is 294 g/mol. The van der Waals surface area contributed by atoms with Gasteiger partial charge in [0.2, 0.25) is 0 Å². The lowest BCUT2D eigenvalue weighted by Crippen LogP contribution is -2.34. The summed E-state index contributed by atoms with van der Waals surface area (Å²) in [5.41, 5.74) is 1.52. The summed E-state index contributed by atoms with van der Waals surface area (Å²) in [6, 6.07) is 7.05. The van der Waals surface area contributed by atoms with Gasteiger partial charge in [-0.15, -0.1) is 0 Å². The molecular formula is C13H21N3O4S. The Morgan fingerprint density at radius 1 is 1.19 bits per heavy atom. The number of carbonyl (C=O) groups is 1. The van der Waals surface area contributed by atoms with Crippen molar-refractivity contribution in [3.05, 3.63) is 29.8 Å². The van der Waals surface area contributed by atoms with E-state index in [1.54, 1.807) is 12.1 Å². The normalized spacial score (nSPS) is 11.9. The largest absolute Gasteiger partial charge is 0.481 e. The summed E-state index contributed by atoms with van der Waals surface area (Å²) in [6.45, 7) is 0.689. The molecule has 0 unspecified atom stereocenters. The Hall–Kier alpha value is -1.64. The molecule has 0 radical (unpaired) electrons.